The maximum absolute atomic E-state index is 10.4. The van der Waals surface area contributed by atoms with Crippen molar-refractivity contribution in [3.63, 3.8) is 0 Å². The van der Waals surface area contributed by atoms with E-state index in [0.717, 1.165) is 12.1 Å². The molecule has 0 fully saturated rings. The largest absolute Gasteiger partial charge is 0.481 e. The number of hydrogen-bond donors (Lipinski definition) is 1. The van der Waals surface area contributed by atoms with Crippen molar-refractivity contribution in [1.82, 2.24) is 15.0 Å². The van der Waals surface area contributed by atoms with Gasteiger partial charge in [0.1, 0.15) is 0 Å². The molecule has 1 aromatic heterocycles. The van der Waals surface area contributed by atoms with Crippen LogP contribution in [0.5, 0.6) is 0 Å². The van der Waals surface area contributed by atoms with Gasteiger partial charge in [-0.3, -0.25) is 4.79 Å². The van der Waals surface area contributed by atoms with E-state index in [1.54, 1.807) is 29.1 Å². The van der Waals surface area contributed by atoms with Crippen molar-refractivity contribution in [2.24, 2.45) is 0 Å². The lowest BCUT2D eigenvalue weighted by molar-refractivity contribution is -0.137. The first-order valence-electron chi connectivity index (χ1n) is 6.14. The lowest BCUT2D eigenvalue weighted by Crippen LogP contribution is -1.95. The zero-order chi connectivity index (χ0) is 14.5. The van der Waals surface area contributed by atoms with Crippen molar-refractivity contribution in [3.05, 3.63) is 40.1 Å². The highest BCUT2D eigenvalue weighted by molar-refractivity contribution is 6.35. The number of unbranched alkanes of at least 4 members (excludes halogenated alkanes) is 1. The summed E-state index contributed by atoms with van der Waals surface area (Å²) < 4.78 is 1.59. The smallest absolute Gasteiger partial charge is 0.303 e. The molecule has 1 aromatic carbocycles. The first kappa shape index (κ1) is 14.8. The van der Waals surface area contributed by atoms with E-state index in [4.69, 9.17) is 28.3 Å². The monoisotopic (exact) mass is 313 g/mol. The molecule has 0 radical (unpaired) electrons. The van der Waals surface area contributed by atoms with Crippen molar-refractivity contribution in [2.75, 3.05) is 0 Å². The summed E-state index contributed by atoms with van der Waals surface area (Å²) in [5, 5.41) is 17.7. The molecule has 0 saturated carbocycles. The van der Waals surface area contributed by atoms with E-state index in [0.29, 0.717) is 28.6 Å². The maximum atomic E-state index is 10.4. The van der Waals surface area contributed by atoms with Gasteiger partial charge in [-0.25, -0.2) is 4.68 Å². The molecule has 1 N–H and O–H groups in total. The second-order valence-electron chi connectivity index (χ2n) is 4.35. The molecule has 0 unspecified atom stereocenters. The van der Waals surface area contributed by atoms with Gasteiger partial charge in [-0.15, -0.1) is 5.10 Å². The summed E-state index contributed by atoms with van der Waals surface area (Å²) in [7, 11) is 0. The summed E-state index contributed by atoms with van der Waals surface area (Å²) in [4.78, 5) is 10.4. The van der Waals surface area contributed by atoms with Gasteiger partial charge in [-0.2, -0.15) is 0 Å². The fourth-order valence-electron chi connectivity index (χ4n) is 1.78. The quantitative estimate of drug-likeness (QED) is 0.830. The molecule has 1 heterocycles. The summed E-state index contributed by atoms with van der Waals surface area (Å²) in [6.07, 6.45) is 4.05. The number of halogens is 2. The van der Waals surface area contributed by atoms with Crippen LogP contribution in [0.25, 0.3) is 5.69 Å². The van der Waals surface area contributed by atoms with E-state index < -0.39 is 5.97 Å². The highest BCUT2D eigenvalue weighted by atomic mass is 35.5. The second kappa shape index (κ2) is 6.72. The number of nitrogens with zero attached hydrogens (tertiary/aromatic N) is 3. The summed E-state index contributed by atoms with van der Waals surface area (Å²) in [5.74, 6) is -0.776. The van der Waals surface area contributed by atoms with E-state index in [1.165, 1.54) is 0 Å². The van der Waals surface area contributed by atoms with Crippen LogP contribution in [-0.4, -0.2) is 26.1 Å². The number of carbonyl (C=O) groups is 1. The number of aromatic nitrogens is 3. The van der Waals surface area contributed by atoms with Crippen LogP contribution in [0.3, 0.4) is 0 Å². The Labute approximate surface area is 126 Å². The highest BCUT2D eigenvalue weighted by Gasteiger charge is 2.07. The number of carboxylic acids is 1. The summed E-state index contributed by atoms with van der Waals surface area (Å²) in [6, 6.07) is 5.15. The molecule has 0 aliphatic rings. The van der Waals surface area contributed by atoms with Crippen LogP contribution in [0.2, 0.25) is 10.0 Å². The number of carboxylic acid groups (broad SMARTS) is 1. The molecule has 7 heteroatoms. The summed E-state index contributed by atoms with van der Waals surface area (Å²) in [5.41, 5.74) is 1.52. The molecule has 5 nitrogen and oxygen atoms in total. The average molecular weight is 314 g/mol. The molecule has 2 rings (SSSR count). The standard InChI is InChI=1S/C13H13Cl2N3O2/c14-9-5-6-12(11(15)7-9)18-8-10(16-17-18)3-1-2-4-13(19)20/h5-8H,1-4H2,(H,19,20). The third kappa shape index (κ3) is 3.95. The van der Waals surface area contributed by atoms with Crippen molar-refractivity contribution in [1.29, 1.82) is 0 Å². The van der Waals surface area contributed by atoms with Crippen molar-refractivity contribution in [3.8, 4) is 5.69 Å². The molecule has 0 aliphatic carbocycles. The van der Waals surface area contributed by atoms with E-state index in [2.05, 4.69) is 10.3 Å². The molecule has 0 spiro atoms. The zero-order valence-electron chi connectivity index (χ0n) is 10.6. The number of benzene rings is 1. The van der Waals surface area contributed by atoms with E-state index in [9.17, 15) is 4.79 Å². The third-order valence-electron chi connectivity index (χ3n) is 2.77. The topological polar surface area (TPSA) is 68.0 Å². The van der Waals surface area contributed by atoms with Gasteiger partial charge >= 0.3 is 5.97 Å². The molecule has 0 saturated heterocycles. The normalized spacial score (nSPS) is 10.7. The molecule has 2 aromatic rings. The Kier molecular flexibility index (Phi) is 4.98. The first-order valence-corrected chi connectivity index (χ1v) is 6.90. The highest BCUT2D eigenvalue weighted by Crippen LogP contribution is 2.23. The molecule has 0 atom stereocenters. The Balaban J connectivity index is 1.99. The molecular formula is C13H13Cl2N3O2. The molecule has 0 bridgehead atoms. The van der Waals surface area contributed by atoms with E-state index in [1.807, 2.05) is 0 Å². The molecular weight excluding hydrogens is 301 g/mol. The van der Waals surface area contributed by atoms with Gasteiger partial charge in [0.05, 0.1) is 22.6 Å². The Morgan fingerprint density at radius 2 is 2.10 bits per heavy atom. The van der Waals surface area contributed by atoms with Gasteiger partial charge in [0.25, 0.3) is 0 Å². The van der Waals surface area contributed by atoms with Crippen LogP contribution in [0, 0.1) is 0 Å². The van der Waals surface area contributed by atoms with Gasteiger partial charge in [-0.05, 0) is 37.5 Å². The van der Waals surface area contributed by atoms with Crippen LogP contribution in [0.4, 0.5) is 0 Å². The number of rotatable bonds is 6. The van der Waals surface area contributed by atoms with Crippen molar-refractivity contribution >= 4 is 29.2 Å². The molecule has 0 aliphatic heterocycles. The van der Waals surface area contributed by atoms with Gasteiger partial charge in [-0.1, -0.05) is 28.4 Å². The summed E-state index contributed by atoms with van der Waals surface area (Å²) >= 11 is 11.9. The second-order valence-corrected chi connectivity index (χ2v) is 5.19. The SMILES string of the molecule is O=C(O)CCCCc1cn(-c2ccc(Cl)cc2Cl)nn1. The fourth-order valence-corrected chi connectivity index (χ4v) is 2.28. The summed E-state index contributed by atoms with van der Waals surface area (Å²) in [6.45, 7) is 0. The predicted octanol–water partition coefficient (Wildman–Crippen LogP) is 3.37. The Morgan fingerprint density at radius 3 is 2.80 bits per heavy atom. The Morgan fingerprint density at radius 1 is 1.30 bits per heavy atom. The third-order valence-corrected chi connectivity index (χ3v) is 3.31. The molecule has 20 heavy (non-hydrogen) atoms. The Bertz CT molecular complexity index is 613. The first-order chi connectivity index (χ1) is 9.56. The van der Waals surface area contributed by atoms with Gasteiger partial charge < -0.3 is 5.11 Å². The number of aliphatic carboxylic acids is 1. The van der Waals surface area contributed by atoms with Crippen LogP contribution in [0.15, 0.2) is 24.4 Å². The fraction of sp³-hybridized carbons (Fsp3) is 0.308. The minimum Gasteiger partial charge on any atom is -0.481 e. The van der Waals surface area contributed by atoms with Crippen LogP contribution < -0.4 is 0 Å². The van der Waals surface area contributed by atoms with Crippen molar-refractivity contribution < 1.29 is 9.90 Å². The Hall–Kier alpha value is -1.59. The predicted molar refractivity (Wildman–Crippen MR) is 76.6 cm³/mol. The maximum Gasteiger partial charge on any atom is 0.303 e. The van der Waals surface area contributed by atoms with Crippen LogP contribution >= 0.6 is 23.2 Å². The lowest BCUT2D eigenvalue weighted by Gasteiger charge is -2.02. The van der Waals surface area contributed by atoms with Gasteiger partial charge in [0.2, 0.25) is 0 Å². The molecule has 0 amide bonds. The van der Waals surface area contributed by atoms with E-state index in [-0.39, 0.29) is 6.42 Å². The van der Waals surface area contributed by atoms with Crippen LogP contribution in [0.1, 0.15) is 25.0 Å². The van der Waals surface area contributed by atoms with Crippen LogP contribution in [-0.2, 0) is 11.2 Å². The number of aryl methyl sites for hydroxylation is 1. The van der Waals surface area contributed by atoms with Gasteiger partial charge in [0.15, 0.2) is 0 Å². The zero-order valence-corrected chi connectivity index (χ0v) is 12.1. The minimum atomic E-state index is -0.776. The lowest BCUT2D eigenvalue weighted by atomic mass is 10.1. The van der Waals surface area contributed by atoms with Gasteiger partial charge in [0, 0.05) is 11.4 Å². The number of hydrogen-bond acceptors (Lipinski definition) is 3. The average Bonchev–Trinajstić information content (AvgIpc) is 2.83. The minimum absolute atomic E-state index is 0.178. The molecule has 106 valence electrons. The van der Waals surface area contributed by atoms with E-state index >= 15 is 0 Å². The van der Waals surface area contributed by atoms with Crippen molar-refractivity contribution in [2.45, 2.75) is 25.7 Å².